The molecule has 1 aliphatic heterocycles. The van der Waals surface area contributed by atoms with Crippen molar-refractivity contribution in [2.75, 3.05) is 19.7 Å². The molecule has 4 heteroatoms. The highest BCUT2D eigenvalue weighted by Gasteiger charge is 2.30. The summed E-state index contributed by atoms with van der Waals surface area (Å²) in [6.07, 6.45) is 8.49. The Morgan fingerprint density at radius 2 is 2.14 bits per heavy atom. The molecular formula is C17H29N3O. The van der Waals surface area contributed by atoms with Gasteiger partial charge in [0, 0.05) is 31.6 Å². The largest absolute Gasteiger partial charge is 0.377 e. The highest BCUT2D eigenvalue weighted by molar-refractivity contribution is 5.17. The molecule has 0 radical (unpaired) electrons. The number of nitrogens with two attached hydrogens (primary N) is 1. The lowest BCUT2D eigenvalue weighted by molar-refractivity contribution is -0.0165. The number of piperidine rings is 1. The molecule has 2 N–H and O–H groups in total. The van der Waals surface area contributed by atoms with Crippen molar-refractivity contribution in [2.24, 2.45) is 5.73 Å². The topological polar surface area (TPSA) is 51.4 Å². The predicted octanol–water partition coefficient (Wildman–Crippen LogP) is 2.75. The number of hydrogen-bond donors (Lipinski definition) is 1. The lowest BCUT2D eigenvalue weighted by Gasteiger charge is -2.40. The van der Waals surface area contributed by atoms with Crippen LogP contribution in [0.2, 0.25) is 0 Å². The first-order valence-electron chi connectivity index (χ1n) is 8.27. The average Bonchev–Trinajstić information content (AvgIpc) is 2.54. The summed E-state index contributed by atoms with van der Waals surface area (Å²) in [5.74, 6) is 0. The molecule has 1 aliphatic rings. The number of aromatic nitrogens is 1. The monoisotopic (exact) mass is 291 g/mol. The minimum Gasteiger partial charge on any atom is -0.377 e. The summed E-state index contributed by atoms with van der Waals surface area (Å²) in [7, 11) is 0. The fourth-order valence-electron chi connectivity index (χ4n) is 3.15. The van der Waals surface area contributed by atoms with Crippen LogP contribution in [0.1, 0.15) is 51.1 Å². The zero-order valence-electron chi connectivity index (χ0n) is 13.4. The number of pyridine rings is 1. The molecule has 2 rings (SSSR count). The molecule has 0 aromatic carbocycles. The fraction of sp³-hybridized carbons (Fsp3) is 0.706. The van der Waals surface area contributed by atoms with E-state index in [1.165, 1.54) is 18.4 Å². The molecule has 3 atom stereocenters. The fourth-order valence-corrected chi connectivity index (χ4v) is 3.15. The Morgan fingerprint density at radius 1 is 1.38 bits per heavy atom. The molecule has 4 nitrogen and oxygen atoms in total. The van der Waals surface area contributed by atoms with Crippen LogP contribution in [0.4, 0.5) is 0 Å². The van der Waals surface area contributed by atoms with Crippen molar-refractivity contribution < 1.29 is 4.74 Å². The van der Waals surface area contributed by atoms with Gasteiger partial charge in [-0.05, 0) is 49.9 Å². The Morgan fingerprint density at radius 3 is 2.81 bits per heavy atom. The maximum Gasteiger partial charge on any atom is 0.0702 e. The lowest BCUT2D eigenvalue weighted by Crippen LogP contribution is -2.47. The Kier molecular flexibility index (Phi) is 6.61. The zero-order chi connectivity index (χ0) is 15.1. The van der Waals surface area contributed by atoms with Gasteiger partial charge in [-0.15, -0.1) is 0 Å². The number of hydrogen-bond acceptors (Lipinski definition) is 4. The van der Waals surface area contributed by atoms with E-state index >= 15 is 0 Å². The molecule has 1 fully saturated rings. The van der Waals surface area contributed by atoms with Gasteiger partial charge in [0.25, 0.3) is 0 Å². The van der Waals surface area contributed by atoms with E-state index < -0.39 is 0 Å². The molecule has 1 aromatic heterocycles. The van der Waals surface area contributed by atoms with E-state index in [1.54, 1.807) is 0 Å². The molecule has 3 unspecified atom stereocenters. The highest BCUT2D eigenvalue weighted by atomic mass is 16.5. The zero-order valence-corrected chi connectivity index (χ0v) is 13.4. The Balaban J connectivity index is 2.09. The molecular weight excluding hydrogens is 262 g/mol. The molecule has 118 valence electrons. The van der Waals surface area contributed by atoms with Gasteiger partial charge in [-0.3, -0.25) is 9.88 Å². The summed E-state index contributed by atoms with van der Waals surface area (Å²) >= 11 is 0. The van der Waals surface area contributed by atoms with Crippen molar-refractivity contribution in [3.05, 3.63) is 30.1 Å². The summed E-state index contributed by atoms with van der Waals surface area (Å²) < 4.78 is 5.97. The second-order valence-corrected chi connectivity index (χ2v) is 5.93. The number of ether oxygens (including phenoxy) is 1. The third kappa shape index (κ3) is 4.50. The van der Waals surface area contributed by atoms with Crippen LogP contribution in [0.3, 0.4) is 0 Å². The number of likely N-dealkylation sites (tertiary alicyclic amines) is 1. The van der Waals surface area contributed by atoms with E-state index in [2.05, 4.69) is 35.9 Å². The molecule has 0 saturated carbocycles. The van der Waals surface area contributed by atoms with E-state index in [-0.39, 0.29) is 12.1 Å². The van der Waals surface area contributed by atoms with Gasteiger partial charge in [-0.25, -0.2) is 0 Å². The number of nitrogens with zero attached hydrogens (tertiary/aromatic N) is 2. The van der Waals surface area contributed by atoms with Crippen LogP contribution in [-0.4, -0.2) is 41.7 Å². The van der Waals surface area contributed by atoms with Crippen molar-refractivity contribution in [2.45, 2.75) is 57.7 Å². The van der Waals surface area contributed by atoms with E-state index in [9.17, 15) is 0 Å². The summed E-state index contributed by atoms with van der Waals surface area (Å²) in [6, 6.07) is 4.61. The quantitative estimate of drug-likeness (QED) is 0.839. The maximum atomic E-state index is 6.42. The molecule has 0 aliphatic carbocycles. The SMILES string of the molecule is CCCOC1CCCN(C(c2ccncc2)C(N)CC)C1. The molecule has 2 heterocycles. The van der Waals surface area contributed by atoms with Crippen molar-refractivity contribution in [3.63, 3.8) is 0 Å². The summed E-state index contributed by atoms with van der Waals surface area (Å²) in [5, 5.41) is 0. The molecule has 1 saturated heterocycles. The van der Waals surface area contributed by atoms with Crippen LogP contribution >= 0.6 is 0 Å². The third-order valence-corrected chi connectivity index (χ3v) is 4.29. The van der Waals surface area contributed by atoms with E-state index in [4.69, 9.17) is 10.5 Å². The van der Waals surface area contributed by atoms with Gasteiger partial charge in [0.15, 0.2) is 0 Å². The van der Waals surface area contributed by atoms with Crippen LogP contribution in [-0.2, 0) is 4.74 Å². The van der Waals surface area contributed by atoms with Gasteiger partial charge in [0.1, 0.15) is 0 Å². The first-order chi connectivity index (χ1) is 10.3. The van der Waals surface area contributed by atoms with Crippen LogP contribution in [0.25, 0.3) is 0 Å². The van der Waals surface area contributed by atoms with Crippen LogP contribution in [0.5, 0.6) is 0 Å². The predicted molar refractivity (Wildman–Crippen MR) is 86.1 cm³/mol. The van der Waals surface area contributed by atoms with Crippen molar-refractivity contribution >= 4 is 0 Å². The smallest absolute Gasteiger partial charge is 0.0702 e. The van der Waals surface area contributed by atoms with Crippen molar-refractivity contribution in [1.29, 1.82) is 0 Å². The Hall–Kier alpha value is -0.970. The number of rotatable bonds is 7. The van der Waals surface area contributed by atoms with Gasteiger partial charge in [0.2, 0.25) is 0 Å². The average molecular weight is 291 g/mol. The Labute approximate surface area is 128 Å². The molecule has 0 amide bonds. The van der Waals surface area contributed by atoms with E-state index in [0.717, 1.165) is 32.5 Å². The molecule has 1 aromatic rings. The minimum absolute atomic E-state index is 0.150. The second kappa shape index (κ2) is 8.47. The minimum atomic E-state index is 0.150. The second-order valence-electron chi connectivity index (χ2n) is 5.93. The normalized spacial score (nSPS) is 22.9. The first kappa shape index (κ1) is 16.4. The van der Waals surface area contributed by atoms with Gasteiger partial charge >= 0.3 is 0 Å². The van der Waals surface area contributed by atoms with Crippen molar-refractivity contribution in [1.82, 2.24) is 9.88 Å². The first-order valence-corrected chi connectivity index (χ1v) is 8.27. The summed E-state index contributed by atoms with van der Waals surface area (Å²) in [4.78, 5) is 6.64. The highest BCUT2D eigenvalue weighted by Crippen LogP contribution is 2.28. The van der Waals surface area contributed by atoms with Gasteiger partial charge < -0.3 is 10.5 Å². The summed E-state index contributed by atoms with van der Waals surface area (Å²) in [5.41, 5.74) is 7.70. The van der Waals surface area contributed by atoms with Gasteiger partial charge in [-0.2, -0.15) is 0 Å². The molecule has 0 bridgehead atoms. The van der Waals surface area contributed by atoms with E-state index in [0.29, 0.717) is 6.10 Å². The van der Waals surface area contributed by atoms with E-state index in [1.807, 2.05) is 12.4 Å². The standard InChI is InChI=1S/C17H29N3O/c1-3-12-21-15-6-5-11-20(13-15)17(16(18)4-2)14-7-9-19-10-8-14/h7-10,15-17H,3-6,11-13,18H2,1-2H3. The van der Waals surface area contributed by atoms with Gasteiger partial charge in [0.05, 0.1) is 12.1 Å². The van der Waals surface area contributed by atoms with Crippen LogP contribution in [0.15, 0.2) is 24.5 Å². The molecule has 0 spiro atoms. The summed E-state index contributed by atoms with van der Waals surface area (Å²) in [6.45, 7) is 7.27. The van der Waals surface area contributed by atoms with Gasteiger partial charge in [-0.1, -0.05) is 13.8 Å². The lowest BCUT2D eigenvalue weighted by atomic mass is 9.94. The van der Waals surface area contributed by atoms with Crippen LogP contribution < -0.4 is 5.73 Å². The molecule has 21 heavy (non-hydrogen) atoms. The van der Waals surface area contributed by atoms with Crippen LogP contribution in [0, 0.1) is 0 Å². The third-order valence-electron chi connectivity index (χ3n) is 4.29. The Bertz CT molecular complexity index is 398. The maximum absolute atomic E-state index is 6.42. The van der Waals surface area contributed by atoms with Crippen molar-refractivity contribution in [3.8, 4) is 0 Å².